The molecule has 3 amide bonds. The molecule has 4 fully saturated rings. The molecule has 104 valence electrons. The first-order chi connectivity index (χ1) is 8.94. The lowest BCUT2D eigenvalue weighted by Crippen LogP contribution is -2.62. The third kappa shape index (κ3) is 1.55. The predicted molar refractivity (Wildman–Crippen MR) is 60.9 cm³/mol. The molecule has 0 unspecified atom stereocenters. The largest absolute Gasteiger partial charge is 0.349 e. The molecule has 7 nitrogen and oxygen atoms in total. The second-order valence-electron chi connectivity index (χ2n) is 5.98. The maximum atomic E-state index is 12.0. The van der Waals surface area contributed by atoms with Gasteiger partial charge in [-0.3, -0.25) is 15.0 Å². The number of rotatable bonds is 0. The molecule has 0 radical (unpaired) electrons. The van der Waals surface area contributed by atoms with E-state index >= 15 is 0 Å². The van der Waals surface area contributed by atoms with Gasteiger partial charge < -0.3 is 14.2 Å². The molecule has 0 aliphatic carbocycles. The Kier molecular flexibility index (Phi) is 2.13. The van der Waals surface area contributed by atoms with Gasteiger partial charge in [0, 0.05) is 12.5 Å². The molecule has 0 aromatic heterocycles. The summed E-state index contributed by atoms with van der Waals surface area (Å²) in [4.78, 5) is 25.0. The van der Waals surface area contributed by atoms with Crippen LogP contribution in [0.3, 0.4) is 0 Å². The Hall–Kier alpha value is -1.18. The highest BCUT2D eigenvalue weighted by molar-refractivity contribution is 5.97. The molecule has 2 bridgehead atoms. The van der Waals surface area contributed by atoms with Crippen LogP contribution in [0, 0.1) is 0 Å². The lowest BCUT2D eigenvalue weighted by atomic mass is 10.0. The smallest absolute Gasteiger partial charge is 0.326 e. The fourth-order valence-electron chi connectivity index (χ4n) is 3.57. The summed E-state index contributed by atoms with van der Waals surface area (Å²) in [5, 5.41) is 2.33. The Bertz CT molecular complexity index is 465. The zero-order chi connectivity index (χ0) is 13.4. The van der Waals surface area contributed by atoms with Crippen molar-refractivity contribution in [3.05, 3.63) is 0 Å². The van der Waals surface area contributed by atoms with Gasteiger partial charge in [0.15, 0.2) is 12.0 Å². The van der Waals surface area contributed by atoms with Gasteiger partial charge in [-0.1, -0.05) is 0 Å². The van der Waals surface area contributed by atoms with Gasteiger partial charge in [-0.15, -0.1) is 0 Å². The summed E-state index contributed by atoms with van der Waals surface area (Å²) >= 11 is 0. The van der Waals surface area contributed by atoms with Crippen molar-refractivity contribution in [2.45, 2.75) is 63.1 Å². The molecule has 4 aliphatic rings. The van der Waals surface area contributed by atoms with E-state index in [0.717, 1.165) is 0 Å². The molecule has 1 N–H and O–H groups in total. The van der Waals surface area contributed by atoms with Crippen LogP contribution in [0.25, 0.3) is 0 Å². The van der Waals surface area contributed by atoms with Crippen molar-refractivity contribution in [3.8, 4) is 0 Å². The second-order valence-corrected chi connectivity index (χ2v) is 5.98. The summed E-state index contributed by atoms with van der Waals surface area (Å²) in [5.41, 5.74) is 0. The fraction of sp³-hybridized carbons (Fsp3) is 0.833. The molecule has 4 aliphatic heterocycles. The van der Waals surface area contributed by atoms with E-state index in [1.54, 1.807) is 4.90 Å². The van der Waals surface area contributed by atoms with Gasteiger partial charge in [-0.25, -0.2) is 4.79 Å². The van der Waals surface area contributed by atoms with Crippen molar-refractivity contribution in [1.29, 1.82) is 0 Å². The average Bonchev–Trinajstić information content (AvgIpc) is 2.73. The minimum Gasteiger partial charge on any atom is -0.349 e. The molecular formula is C12H16N2O5. The van der Waals surface area contributed by atoms with E-state index in [1.165, 1.54) is 0 Å². The van der Waals surface area contributed by atoms with Gasteiger partial charge in [0.25, 0.3) is 0 Å². The molecule has 0 saturated carbocycles. The molecule has 4 rings (SSSR count). The molecule has 0 spiro atoms. The van der Waals surface area contributed by atoms with Crippen molar-refractivity contribution >= 4 is 11.9 Å². The SMILES string of the molecule is CC1(C)O[C@H]2[C@H](O1)[C@H]1C[C@@H]3CC(=O)NC(=O)N3[C@@H]2O1. The van der Waals surface area contributed by atoms with E-state index < -0.39 is 18.0 Å². The molecule has 7 heteroatoms. The summed E-state index contributed by atoms with van der Waals surface area (Å²) in [6.45, 7) is 3.72. The van der Waals surface area contributed by atoms with Crippen LogP contribution in [0.15, 0.2) is 0 Å². The molecule has 0 aromatic carbocycles. The third-order valence-electron chi connectivity index (χ3n) is 4.20. The highest BCUT2D eigenvalue weighted by Gasteiger charge is 2.62. The van der Waals surface area contributed by atoms with Crippen molar-refractivity contribution in [2.75, 3.05) is 0 Å². The van der Waals surface area contributed by atoms with Crippen LogP contribution in [-0.2, 0) is 19.0 Å². The Morgan fingerprint density at radius 1 is 1.26 bits per heavy atom. The van der Waals surface area contributed by atoms with E-state index in [9.17, 15) is 9.59 Å². The van der Waals surface area contributed by atoms with Crippen molar-refractivity contribution < 1.29 is 23.8 Å². The number of carbonyl (C=O) groups is 2. The first-order valence-corrected chi connectivity index (χ1v) is 6.58. The number of hydrogen-bond donors (Lipinski definition) is 1. The first kappa shape index (κ1) is 11.6. The zero-order valence-corrected chi connectivity index (χ0v) is 10.8. The molecule has 19 heavy (non-hydrogen) atoms. The maximum Gasteiger partial charge on any atom is 0.326 e. The van der Waals surface area contributed by atoms with Gasteiger partial charge >= 0.3 is 6.03 Å². The molecule has 4 heterocycles. The average molecular weight is 268 g/mol. The molecular weight excluding hydrogens is 252 g/mol. The van der Waals surface area contributed by atoms with Crippen molar-refractivity contribution in [1.82, 2.24) is 10.2 Å². The summed E-state index contributed by atoms with van der Waals surface area (Å²) in [7, 11) is 0. The molecule has 4 saturated heterocycles. The topological polar surface area (TPSA) is 77.1 Å². The Labute approximate surface area is 110 Å². The Morgan fingerprint density at radius 3 is 2.79 bits per heavy atom. The lowest BCUT2D eigenvalue weighted by molar-refractivity contribution is -0.221. The number of amides is 3. The highest BCUT2D eigenvalue weighted by atomic mass is 16.8. The van der Waals surface area contributed by atoms with Crippen LogP contribution < -0.4 is 5.32 Å². The van der Waals surface area contributed by atoms with Crippen molar-refractivity contribution in [3.63, 3.8) is 0 Å². The van der Waals surface area contributed by atoms with Gasteiger partial charge in [-0.05, 0) is 20.3 Å². The summed E-state index contributed by atoms with van der Waals surface area (Å²) in [5.74, 6) is -0.871. The summed E-state index contributed by atoms with van der Waals surface area (Å²) in [6.07, 6.45) is -0.0425. The number of urea groups is 1. The summed E-state index contributed by atoms with van der Waals surface area (Å²) in [6, 6.07) is -0.496. The van der Waals surface area contributed by atoms with E-state index in [-0.39, 0.29) is 30.3 Å². The number of nitrogens with zero attached hydrogens (tertiary/aromatic N) is 1. The normalized spacial score (nSPS) is 46.8. The quantitative estimate of drug-likeness (QED) is 0.666. The highest BCUT2D eigenvalue weighted by Crippen LogP contribution is 2.45. The first-order valence-electron chi connectivity index (χ1n) is 6.58. The van der Waals surface area contributed by atoms with Crippen LogP contribution in [0.2, 0.25) is 0 Å². The summed E-state index contributed by atoms with van der Waals surface area (Å²) < 4.78 is 17.6. The number of imide groups is 1. The van der Waals surface area contributed by atoms with Gasteiger partial charge in [0.05, 0.1) is 6.10 Å². The minimum atomic E-state index is -0.648. The Morgan fingerprint density at radius 2 is 2.00 bits per heavy atom. The predicted octanol–water partition coefficient (Wildman–Crippen LogP) is -0.0544. The van der Waals surface area contributed by atoms with Crippen LogP contribution in [0.5, 0.6) is 0 Å². The van der Waals surface area contributed by atoms with Gasteiger partial charge in [0.2, 0.25) is 5.91 Å². The number of carbonyl (C=O) groups excluding carboxylic acids is 2. The maximum absolute atomic E-state index is 12.0. The lowest BCUT2D eigenvalue weighted by Gasteiger charge is -2.43. The number of fused-ring (bicyclic) bond motifs is 7. The van der Waals surface area contributed by atoms with Crippen LogP contribution in [0.1, 0.15) is 26.7 Å². The van der Waals surface area contributed by atoms with Crippen LogP contribution in [-0.4, -0.2) is 53.2 Å². The van der Waals surface area contributed by atoms with Crippen LogP contribution >= 0.6 is 0 Å². The zero-order valence-electron chi connectivity index (χ0n) is 10.8. The fourth-order valence-corrected chi connectivity index (χ4v) is 3.57. The number of ether oxygens (including phenoxy) is 3. The van der Waals surface area contributed by atoms with E-state index in [2.05, 4.69) is 5.32 Å². The van der Waals surface area contributed by atoms with Gasteiger partial charge in [-0.2, -0.15) is 0 Å². The Balaban J connectivity index is 1.66. The number of hydrogen-bond acceptors (Lipinski definition) is 5. The second kappa shape index (κ2) is 3.47. The molecule has 5 atom stereocenters. The van der Waals surface area contributed by atoms with E-state index in [4.69, 9.17) is 14.2 Å². The van der Waals surface area contributed by atoms with Crippen molar-refractivity contribution in [2.24, 2.45) is 0 Å². The minimum absolute atomic E-state index is 0.100. The van der Waals surface area contributed by atoms with E-state index in [1.807, 2.05) is 13.8 Å². The van der Waals surface area contributed by atoms with Crippen LogP contribution in [0.4, 0.5) is 4.79 Å². The standard InChI is InChI=1S/C12H16N2O5/c1-12(2)18-8-6-3-5-4-7(15)13-11(16)14(5)10(17-6)9(8)19-12/h5-6,8-10H,3-4H2,1-2H3,(H,13,15,16)/t5-,6-,8-,9+,10-/m1/s1. The number of nitrogens with one attached hydrogen (secondary N) is 1. The van der Waals surface area contributed by atoms with Gasteiger partial charge in [0.1, 0.15) is 12.2 Å². The third-order valence-corrected chi connectivity index (χ3v) is 4.20. The van der Waals surface area contributed by atoms with E-state index in [0.29, 0.717) is 12.8 Å². The monoisotopic (exact) mass is 268 g/mol. The molecule has 0 aromatic rings.